The van der Waals surface area contributed by atoms with Crippen LogP contribution in [-0.2, 0) is 23.1 Å². The highest BCUT2D eigenvalue weighted by atomic mass is 79.9. The topological polar surface area (TPSA) is 78.9 Å². The first-order chi connectivity index (χ1) is 11.4. The monoisotopic (exact) mass is 420 g/mol. The molecule has 0 aliphatic heterocycles. The quantitative estimate of drug-likeness (QED) is 0.320. The van der Waals surface area contributed by atoms with Crippen LogP contribution in [-0.4, -0.2) is 37.2 Å². The van der Waals surface area contributed by atoms with Crippen molar-refractivity contribution >= 4 is 35.3 Å². The largest absolute Gasteiger partial charge is 0.465 e. The van der Waals surface area contributed by atoms with Crippen LogP contribution in [0.4, 0.5) is 0 Å². The third kappa shape index (κ3) is 5.81. The molecule has 1 aromatic carbocycles. The van der Waals surface area contributed by atoms with Crippen molar-refractivity contribution in [3.05, 3.63) is 34.3 Å². The number of ketones is 1. The molecule has 1 unspecified atom stereocenters. The van der Waals surface area contributed by atoms with Crippen molar-refractivity contribution in [1.82, 2.24) is 0 Å². The number of carbonyl (C=O) groups is 2. The van der Waals surface area contributed by atoms with Gasteiger partial charge in [0.05, 0.1) is 19.8 Å². The molecular formula is C16H22BrO6P. The van der Waals surface area contributed by atoms with Gasteiger partial charge in [-0.15, -0.1) is 0 Å². The van der Waals surface area contributed by atoms with Gasteiger partial charge in [0, 0.05) is 16.5 Å². The molecule has 1 atom stereocenters. The van der Waals surface area contributed by atoms with Crippen LogP contribution in [0.15, 0.2) is 28.7 Å². The van der Waals surface area contributed by atoms with E-state index in [0.29, 0.717) is 5.56 Å². The molecule has 0 N–H and O–H groups in total. The molecule has 8 heteroatoms. The van der Waals surface area contributed by atoms with Crippen LogP contribution in [0.5, 0.6) is 0 Å². The fourth-order valence-electron chi connectivity index (χ4n) is 2.07. The second-order valence-corrected chi connectivity index (χ2v) is 7.91. The summed E-state index contributed by atoms with van der Waals surface area (Å²) in [5, 5.41) is 0. The van der Waals surface area contributed by atoms with Gasteiger partial charge < -0.3 is 13.8 Å². The predicted molar refractivity (Wildman–Crippen MR) is 94.4 cm³/mol. The van der Waals surface area contributed by atoms with Crippen LogP contribution >= 0.6 is 23.5 Å². The number of carbonyl (C=O) groups excluding carboxylic acids is 2. The van der Waals surface area contributed by atoms with E-state index in [4.69, 9.17) is 13.8 Å². The second kappa shape index (κ2) is 10.1. The van der Waals surface area contributed by atoms with Crippen molar-refractivity contribution in [3.8, 4) is 0 Å². The Balaban J connectivity index is 3.08. The van der Waals surface area contributed by atoms with E-state index in [2.05, 4.69) is 15.9 Å². The van der Waals surface area contributed by atoms with Gasteiger partial charge in [-0.2, -0.15) is 0 Å². The smallest absolute Gasteiger partial charge is 0.345 e. The summed E-state index contributed by atoms with van der Waals surface area (Å²) in [5.74, 6) is -1.09. The molecule has 1 rings (SSSR count). The molecule has 0 aliphatic carbocycles. The lowest BCUT2D eigenvalue weighted by molar-refractivity contribution is -0.143. The number of halogens is 1. The van der Waals surface area contributed by atoms with Gasteiger partial charge in [-0.1, -0.05) is 28.1 Å². The van der Waals surface area contributed by atoms with Crippen molar-refractivity contribution in [2.45, 2.75) is 32.9 Å². The average molecular weight is 421 g/mol. The Kier molecular flexibility index (Phi) is 8.84. The maximum absolute atomic E-state index is 12.9. The highest BCUT2D eigenvalue weighted by Crippen LogP contribution is 2.54. The normalized spacial score (nSPS) is 12.7. The molecule has 0 radical (unpaired) electrons. The van der Waals surface area contributed by atoms with E-state index in [1.165, 1.54) is 0 Å². The van der Waals surface area contributed by atoms with E-state index in [1.807, 2.05) is 0 Å². The van der Waals surface area contributed by atoms with Crippen molar-refractivity contribution in [1.29, 1.82) is 0 Å². The van der Waals surface area contributed by atoms with Gasteiger partial charge in [0.25, 0.3) is 0 Å². The number of esters is 1. The van der Waals surface area contributed by atoms with Crippen molar-refractivity contribution < 1.29 is 27.9 Å². The zero-order valence-electron chi connectivity index (χ0n) is 14.0. The molecular weight excluding hydrogens is 399 g/mol. The van der Waals surface area contributed by atoms with Gasteiger partial charge in [-0.25, -0.2) is 0 Å². The molecule has 0 bridgehead atoms. The third-order valence-electron chi connectivity index (χ3n) is 3.10. The van der Waals surface area contributed by atoms with E-state index in [9.17, 15) is 14.2 Å². The Labute approximate surface area is 150 Å². The summed E-state index contributed by atoms with van der Waals surface area (Å²) in [4.78, 5) is 24.7. The molecule has 0 spiro atoms. The van der Waals surface area contributed by atoms with E-state index in [-0.39, 0.29) is 32.0 Å². The highest BCUT2D eigenvalue weighted by molar-refractivity contribution is 9.10. The van der Waals surface area contributed by atoms with E-state index >= 15 is 0 Å². The lowest BCUT2D eigenvalue weighted by atomic mass is 10.1. The van der Waals surface area contributed by atoms with Gasteiger partial charge >= 0.3 is 13.6 Å². The summed E-state index contributed by atoms with van der Waals surface area (Å²) in [5.41, 5.74) is -0.874. The Morgan fingerprint density at radius 2 is 1.58 bits per heavy atom. The molecule has 6 nitrogen and oxygen atoms in total. The summed E-state index contributed by atoms with van der Waals surface area (Å²) in [6.45, 7) is 5.23. The number of hydrogen-bond acceptors (Lipinski definition) is 6. The summed E-state index contributed by atoms with van der Waals surface area (Å²) in [6, 6.07) is 6.69. The van der Waals surface area contributed by atoms with Crippen LogP contribution in [0, 0.1) is 0 Å². The maximum Gasteiger partial charge on any atom is 0.345 e. The molecule has 134 valence electrons. The van der Waals surface area contributed by atoms with Crippen LogP contribution in [0.2, 0.25) is 0 Å². The molecule has 0 amide bonds. The minimum Gasteiger partial charge on any atom is -0.465 e. The zero-order valence-corrected chi connectivity index (χ0v) is 16.5. The van der Waals surface area contributed by atoms with Crippen LogP contribution in [0.1, 0.15) is 37.6 Å². The van der Waals surface area contributed by atoms with Crippen molar-refractivity contribution in [3.63, 3.8) is 0 Å². The number of ether oxygens (including phenoxy) is 1. The van der Waals surface area contributed by atoms with Crippen LogP contribution in [0.25, 0.3) is 0 Å². The minimum atomic E-state index is -3.80. The number of hydrogen-bond donors (Lipinski definition) is 0. The Morgan fingerprint density at radius 1 is 1.04 bits per heavy atom. The summed E-state index contributed by atoms with van der Waals surface area (Å²) in [6.07, 6.45) is -0.308. The molecule has 0 aliphatic rings. The van der Waals surface area contributed by atoms with E-state index in [0.717, 1.165) is 4.47 Å². The molecule has 0 saturated heterocycles. The van der Waals surface area contributed by atoms with Gasteiger partial charge in [-0.05, 0) is 32.9 Å². The fraction of sp³-hybridized carbons (Fsp3) is 0.500. The van der Waals surface area contributed by atoms with Gasteiger partial charge in [0.1, 0.15) is 0 Å². The average Bonchev–Trinajstić information content (AvgIpc) is 2.53. The first-order valence-corrected chi connectivity index (χ1v) is 10.1. The molecule has 0 saturated carbocycles. The summed E-state index contributed by atoms with van der Waals surface area (Å²) < 4.78 is 29.2. The first-order valence-electron chi connectivity index (χ1n) is 7.72. The molecule has 0 aromatic heterocycles. The third-order valence-corrected chi connectivity index (χ3v) is 6.03. The maximum atomic E-state index is 12.9. The SMILES string of the molecule is CCOC(=O)C(CC(=O)c1ccc(Br)cc1)P(=O)(OCC)OCC. The van der Waals surface area contributed by atoms with Gasteiger partial charge in [0.2, 0.25) is 0 Å². The second-order valence-electron chi connectivity index (χ2n) is 4.78. The van der Waals surface area contributed by atoms with Gasteiger partial charge in [0.15, 0.2) is 11.4 Å². The van der Waals surface area contributed by atoms with Crippen LogP contribution < -0.4 is 0 Å². The van der Waals surface area contributed by atoms with Crippen molar-refractivity contribution in [2.75, 3.05) is 19.8 Å². The predicted octanol–water partition coefficient (Wildman–Crippen LogP) is 4.22. The van der Waals surface area contributed by atoms with Gasteiger partial charge in [-0.3, -0.25) is 14.2 Å². The summed E-state index contributed by atoms with van der Waals surface area (Å²) >= 11 is 3.29. The number of rotatable bonds is 10. The molecule has 0 heterocycles. The van der Waals surface area contributed by atoms with E-state index < -0.39 is 19.2 Å². The Morgan fingerprint density at radius 3 is 2.04 bits per heavy atom. The Bertz CT molecular complexity index is 591. The molecule has 0 fully saturated rings. The molecule has 24 heavy (non-hydrogen) atoms. The number of benzene rings is 1. The summed E-state index contributed by atoms with van der Waals surface area (Å²) in [7, 11) is -3.80. The van der Waals surface area contributed by atoms with Crippen molar-refractivity contribution in [2.24, 2.45) is 0 Å². The Hall–Kier alpha value is -1.01. The highest BCUT2D eigenvalue weighted by Gasteiger charge is 2.43. The van der Waals surface area contributed by atoms with E-state index in [1.54, 1.807) is 45.0 Å². The number of Topliss-reactive ketones (excluding diaryl/α,β-unsaturated/α-hetero) is 1. The lowest BCUT2D eigenvalue weighted by Crippen LogP contribution is -2.28. The zero-order chi connectivity index (χ0) is 18.2. The molecule has 1 aromatic rings. The minimum absolute atomic E-state index is 0.0969. The first kappa shape index (κ1) is 21.0. The van der Waals surface area contributed by atoms with Crippen LogP contribution in [0.3, 0.4) is 0 Å². The fourth-order valence-corrected chi connectivity index (χ4v) is 4.21. The lowest BCUT2D eigenvalue weighted by Gasteiger charge is -2.24. The standard InChI is InChI=1S/C16H22BrO6P/c1-4-21-16(19)15(24(20,22-5-2)23-6-3)11-14(18)12-7-9-13(17)10-8-12/h7-10,15H,4-6,11H2,1-3H3.